The molecule has 1 aromatic rings. The fourth-order valence-corrected chi connectivity index (χ4v) is 4.94. The van der Waals surface area contributed by atoms with E-state index < -0.39 is 11.4 Å². The molecule has 0 spiro atoms. The molecule has 6 heteroatoms. The molecular formula is C18H22N2O4. The normalized spacial score (nSPS) is 28.8. The number of carbonyl (C=O) groups is 3. The van der Waals surface area contributed by atoms with E-state index in [9.17, 15) is 19.5 Å². The molecule has 0 radical (unpaired) electrons. The average Bonchev–Trinajstić information content (AvgIpc) is 3.18. The number of rotatable bonds is 2. The number of aliphatic carboxylic acids is 1. The van der Waals surface area contributed by atoms with Crippen LogP contribution >= 0.6 is 0 Å². The highest BCUT2D eigenvalue weighted by Crippen LogP contribution is 2.49. The van der Waals surface area contributed by atoms with Gasteiger partial charge in [-0.1, -0.05) is 6.42 Å². The first kappa shape index (κ1) is 15.4. The van der Waals surface area contributed by atoms with Crippen LogP contribution in [-0.4, -0.2) is 45.7 Å². The Morgan fingerprint density at radius 1 is 1.29 bits per heavy atom. The van der Waals surface area contributed by atoms with Gasteiger partial charge in [0.15, 0.2) is 5.78 Å². The molecule has 0 bridgehead atoms. The van der Waals surface area contributed by atoms with Crippen LogP contribution in [0.25, 0.3) is 0 Å². The van der Waals surface area contributed by atoms with Crippen molar-refractivity contribution in [1.29, 1.82) is 0 Å². The molecule has 1 saturated carbocycles. The van der Waals surface area contributed by atoms with E-state index in [1.165, 1.54) is 0 Å². The van der Waals surface area contributed by atoms with Gasteiger partial charge in [0.1, 0.15) is 5.69 Å². The SMILES string of the molecule is Cc1c(C(=O)N2C[C@@H]3CCC[C@@]3(C(=O)O)C2)[nH]c2c1C(=O)CCC2. The number of amides is 1. The highest BCUT2D eigenvalue weighted by Gasteiger charge is 2.56. The van der Waals surface area contributed by atoms with Crippen LogP contribution in [0, 0.1) is 18.3 Å². The Hall–Kier alpha value is -2.11. The number of ketones is 1. The number of H-pyrrole nitrogens is 1. The molecule has 1 saturated heterocycles. The number of hydrogen-bond donors (Lipinski definition) is 2. The molecular weight excluding hydrogens is 308 g/mol. The Kier molecular flexibility index (Phi) is 3.34. The molecule has 3 aliphatic rings. The van der Waals surface area contributed by atoms with Gasteiger partial charge in [0.05, 0.1) is 5.41 Å². The summed E-state index contributed by atoms with van der Waals surface area (Å²) in [4.78, 5) is 41.7. The second kappa shape index (κ2) is 5.19. The van der Waals surface area contributed by atoms with Crippen molar-refractivity contribution in [1.82, 2.24) is 9.88 Å². The molecule has 2 aliphatic carbocycles. The molecule has 2 heterocycles. The molecule has 2 fully saturated rings. The Balaban J connectivity index is 1.64. The number of Topliss-reactive ketones (excluding diaryl/α,β-unsaturated/α-hetero) is 1. The third kappa shape index (κ3) is 1.98. The van der Waals surface area contributed by atoms with Gasteiger partial charge in [0.25, 0.3) is 5.91 Å². The van der Waals surface area contributed by atoms with Gasteiger partial charge in [0, 0.05) is 30.8 Å². The van der Waals surface area contributed by atoms with Gasteiger partial charge >= 0.3 is 5.97 Å². The van der Waals surface area contributed by atoms with Crippen LogP contribution in [0.4, 0.5) is 0 Å². The molecule has 2 N–H and O–H groups in total. The molecule has 1 amide bonds. The van der Waals surface area contributed by atoms with Crippen molar-refractivity contribution in [2.75, 3.05) is 13.1 Å². The number of carboxylic acids is 1. The van der Waals surface area contributed by atoms with Crippen LogP contribution in [0.15, 0.2) is 0 Å². The Labute approximate surface area is 140 Å². The second-order valence-electron chi connectivity index (χ2n) is 7.49. The van der Waals surface area contributed by atoms with E-state index in [1.807, 2.05) is 6.92 Å². The molecule has 6 nitrogen and oxygen atoms in total. The number of hydrogen-bond acceptors (Lipinski definition) is 3. The lowest BCUT2D eigenvalue weighted by molar-refractivity contribution is -0.149. The van der Waals surface area contributed by atoms with E-state index in [-0.39, 0.29) is 24.2 Å². The Morgan fingerprint density at radius 2 is 2.08 bits per heavy atom. The van der Waals surface area contributed by atoms with E-state index in [2.05, 4.69) is 4.98 Å². The predicted molar refractivity (Wildman–Crippen MR) is 86.1 cm³/mol. The number of likely N-dealkylation sites (tertiary alicyclic amines) is 1. The van der Waals surface area contributed by atoms with Crippen molar-refractivity contribution in [3.8, 4) is 0 Å². The minimum atomic E-state index is -0.780. The number of nitrogens with one attached hydrogen (secondary N) is 1. The largest absolute Gasteiger partial charge is 0.481 e. The van der Waals surface area contributed by atoms with Crippen molar-refractivity contribution < 1.29 is 19.5 Å². The number of fused-ring (bicyclic) bond motifs is 2. The number of carbonyl (C=O) groups excluding carboxylic acids is 2. The third-order valence-corrected chi connectivity index (χ3v) is 6.23. The van der Waals surface area contributed by atoms with Gasteiger partial charge in [-0.2, -0.15) is 0 Å². The van der Waals surface area contributed by atoms with E-state index in [4.69, 9.17) is 0 Å². The summed E-state index contributed by atoms with van der Waals surface area (Å²) in [5.41, 5.74) is 1.96. The molecule has 2 atom stereocenters. The molecule has 4 rings (SSSR count). The van der Waals surface area contributed by atoms with Crippen LogP contribution in [0.3, 0.4) is 0 Å². The molecule has 24 heavy (non-hydrogen) atoms. The first-order valence-electron chi connectivity index (χ1n) is 8.71. The van der Waals surface area contributed by atoms with E-state index >= 15 is 0 Å². The fourth-order valence-electron chi connectivity index (χ4n) is 4.94. The third-order valence-electron chi connectivity index (χ3n) is 6.23. The number of nitrogens with zero attached hydrogens (tertiary/aromatic N) is 1. The maximum Gasteiger partial charge on any atom is 0.311 e. The zero-order valence-electron chi connectivity index (χ0n) is 13.9. The molecule has 1 aromatic heterocycles. The first-order chi connectivity index (χ1) is 11.4. The van der Waals surface area contributed by atoms with Gasteiger partial charge in [-0.05, 0) is 44.1 Å². The van der Waals surface area contributed by atoms with E-state index in [1.54, 1.807) is 4.90 Å². The van der Waals surface area contributed by atoms with E-state index in [0.29, 0.717) is 30.6 Å². The summed E-state index contributed by atoms with van der Waals surface area (Å²) >= 11 is 0. The van der Waals surface area contributed by atoms with Gasteiger partial charge in [-0.25, -0.2) is 0 Å². The van der Waals surface area contributed by atoms with Gasteiger partial charge in [-0.3, -0.25) is 14.4 Å². The van der Waals surface area contributed by atoms with Gasteiger partial charge < -0.3 is 15.0 Å². The Bertz CT molecular complexity index is 750. The summed E-state index contributed by atoms with van der Waals surface area (Å²) in [6.45, 7) is 2.60. The van der Waals surface area contributed by atoms with Crippen LogP contribution in [0.2, 0.25) is 0 Å². The monoisotopic (exact) mass is 330 g/mol. The maximum atomic E-state index is 13.0. The second-order valence-corrected chi connectivity index (χ2v) is 7.49. The summed E-state index contributed by atoms with van der Waals surface area (Å²) in [5, 5.41) is 9.68. The van der Waals surface area contributed by atoms with Crippen molar-refractivity contribution in [2.45, 2.75) is 45.4 Å². The quantitative estimate of drug-likeness (QED) is 0.869. The lowest BCUT2D eigenvalue weighted by Gasteiger charge is -2.23. The molecule has 1 aliphatic heterocycles. The number of carboxylic acid groups (broad SMARTS) is 1. The maximum absolute atomic E-state index is 13.0. The van der Waals surface area contributed by atoms with Gasteiger partial charge in [0.2, 0.25) is 0 Å². The van der Waals surface area contributed by atoms with Crippen LogP contribution < -0.4 is 0 Å². The van der Waals surface area contributed by atoms with Crippen molar-refractivity contribution in [3.63, 3.8) is 0 Å². The molecule has 0 aromatic carbocycles. The zero-order chi connectivity index (χ0) is 17.1. The minimum Gasteiger partial charge on any atom is -0.481 e. The number of aromatic nitrogens is 1. The summed E-state index contributed by atoms with van der Waals surface area (Å²) in [5.74, 6) is -0.794. The summed E-state index contributed by atoms with van der Waals surface area (Å²) in [7, 11) is 0. The van der Waals surface area contributed by atoms with Crippen LogP contribution in [0.1, 0.15) is 64.2 Å². The highest BCUT2D eigenvalue weighted by molar-refractivity contribution is 6.04. The lowest BCUT2D eigenvalue weighted by Crippen LogP contribution is -2.37. The van der Waals surface area contributed by atoms with Crippen molar-refractivity contribution in [2.24, 2.45) is 11.3 Å². The van der Waals surface area contributed by atoms with Crippen LogP contribution in [-0.2, 0) is 11.2 Å². The van der Waals surface area contributed by atoms with Crippen LogP contribution in [0.5, 0.6) is 0 Å². The minimum absolute atomic E-state index is 0.0467. The lowest BCUT2D eigenvalue weighted by atomic mass is 9.81. The smallest absolute Gasteiger partial charge is 0.311 e. The fraction of sp³-hybridized carbons (Fsp3) is 0.611. The molecule has 0 unspecified atom stereocenters. The van der Waals surface area contributed by atoms with Crippen molar-refractivity contribution >= 4 is 17.7 Å². The number of aromatic amines is 1. The summed E-state index contributed by atoms with van der Waals surface area (Å²) in [6.07, 6.45) is 4.57. The zero-order valence-corrected chi connectivity index (χ0v) is 13.9. The first-order valence-corrected chi connectivity index (χ1v) is 8.71. The summed E-state index contributed by atoms with van der Waals surface area (Å²) < 4.78 is 0. The van der Waals surface area contributed by atoms with E-state index in [0.717, 1.165) is 36.9 Å². The predicted octanol–water partition coefficient (Wildman–Crippen LogP) is 2.17. The average molecular weight is 330 g/mol. The highest BCUT2D eigenvalue weighted by atomic mass is 16.4. The summed E-state index contributed by atoms with van der Waals surface area (Å²) in [6, 6.07) is 0. The van der Waals surface area contributed by atoms with Gasteiger partial charge in [-0.15, -0.1) is 0 Å². The number of aryl methyl sites for hydroxylation is 1. The Morgan fingerprint density at radius 3 is 2.75 bits per heavy atom. The standard InChI is InChI=1S/C18H22N2O4/c1-10-14-12(5-2-6-13(14)21)19-15(10)16(22)20-8-11-4-3-7-18(11,9-20)17(23)24/h11,19H,2-9H2,1H3,(H,23,24)/t11-,18+/m0/s1. The topological polar surface area (TPSA) is 90.5 Å². The molecule has 128 valence electrons. The van der Waals surface area contributed by atoms with Crippen molar-refractivity contribution in [3.05, 3.63) is 22.5 Å².